The quantitative estimate of drug-likeness (QED) is 0.367. The summed E-state index contributed by atoms with van der Waals surface area (Å²) in [6.45, 7) is 2.66. The average Bonchev–Trinajstić information content (AvgIpc) is 3.53. The van der Waals surface area contributed by atoms with Gasteiger partial charge in [0.2, 0.25) is 0 Å². The Bertz CT molecular complexity index is 817. The predicted molar refractivity (Wildman–Crippen MR) is 127 cm³/mol. The number of guanidine groups is 1. The molecule has 1 aliphatic carbocycles. The molecule has 1 aromatic carbocycles. The minimum atomic E-state index is -0.105. The molecule has 0 unspecified atom stereocenters. The molecular formula is C22H29FIN5. The van der Waals surface area contributed by atoms with E-state index in [1.165, 1.54) is 0 Å². The number of benzene rings is 1. The molecule has 2 aromatic rings. The van der Waals surface area contributed by atoms with Gasteiger partial charge in [0, 0.05) is 44.3 Å². The molecule has 0 radical (unpaired) electrons. The summed E-state index contributed by atoms with van der Waals surface area (Å²) < 4.78 is 14.2. The van der Waals surface area contributed by atoms with Crippen molar-refractivity contribution < 1.29 is 4.39 Å². The minimum absolute atomic E-state index is 0. The summed E-state index contributed by atoms with van der Waals surface area (Å²) in [6.07, 6.45) is 5.95. The molecule has 1 aromatic heterocycles. The zero-order valence-electron chi connectivity index (χ0n) is 16.8. The zero-order valence-corrected chi connectivity index (χ0v) is 19.1. The van der Waals surface area contributed by atoms with Crippen molar-refractivity contribution in [2.24, 2.45) is 4.99 Å². The molecule has 2 fully saturated rings. The average molecular weight is 509 g/mol. The molecule has 2 heterocycles. The van der Waals surface area contributed by atoms with E-state index >= 15 is 0 Å². The SMILES string of the molecule is CN=C(NCC1(c2ccccc2F)CC1)NC1CCN(c2ccccn2)CC1.I. The number of aliphatic imine (C=N–C) groups is 1. The number of nitrogens with zero attached hydrogens (tertiary/aromatic N) is 3. The van der Waals surface area contributed by atoms with Gasteiger partial charge in [-0.25, -0.2) is 9.37 Å². The Balaban J connectivity index is 0.00000240. The van der Waals surface area contributed by atoms with E-state index in [1.807, 2.05) is 30.5 Å². The molecule has 1 saturated heterocycles. The minimum Gasteiger partial charge on any atom is -0.356 e. The van der Waals surface area contributed by atoms with Crippen molar-refractivity contribution in [3.8, 4) is 0 Å². The van der Waals surface area contributed by atoms with Crippen LogP contribution in [-0.2, 0) is 5.41 Å². The highest BCUT2D eigenvalue weighted by Gasteiger charge is 2.45. The third-order valence-electron chi connectivity index (χ3n) is 5.93. The van der Waals surface area contributed by atoms with Crippen LogP contribution in [0.15, 0.2) is 53.7 Å². The summed E-state index contributed by atoms with van der Waals surface area (Å²) in [5, 5.41) is 6.98. The van der Waals surface area contributed by atoms with Gasteiger partial charge < -0.3 is 15.5 Å². The molecule has 29 heavy (non-hydrogen) atoms. The molecule has 0 spiro atoms. The Labute approximate surface area is 189 Å². The van der Waals surface area contributed by atoms with E-state index in [-0.39, 0.29) is 35.2 Å². The van der Waals surface area contributed by atoms with Gasteiger partial charge in [0.05, 0.1) is 0 Å². The van der Waals surface area contributed by atoms with Crippen molar-refractivity contribution in [1.82, 2.24) is 15.6 Å². The van der Waals surface area contributed by atoms with Gasteiger partial charge in [0.25, 0.3) is 0 Å². The van der Waals surface area contributed by atoms with Crippen molar-refractivity contribution in [3.05, 3.63) is 60.0 Å². The summed E-state index contributed by atoms with van der Waals surface area (Å²) in [4.78, 5) is 11.1. The molecule has 1 aliphatic heterocycles. The van der Waals surface area contributed by atoms with Gasteiger partial charge in [0.1, 0.15) is 11.6 Å². The Morgan fingerprint density at radius 2 is 1.90 bits per heavy atom. The van der Waals surface area contributed by atoms with Crippen LogP contribution in [0.2, 0.25) is 0 Å². The molecular weight excluding hydrogens is 480 g/mol. The number of pyridine rings is 1. The second-order valence-electron chi connectivity index (χ2n) is 7.78. The molecule has 0 bridgehead atoms. The van der Waals surface area contributed by atoms with E-state index in [4.69, 9.17) is 0 Å². The number of hydrogen-bond acceptors (Lipinski definition) is 3. The summed E-state index contributed by atoms with van der Waals surface area (Å²) in [6, 6.07) is 13.6. The molecule has 2 N–H and O–H groups in total. The van der Waals surface area contributed by atoms with E-state index in [1.54, 1.807) is 19.2 Å². The number of halogens is 2. The number of rotatable bonds is 5. The summed E-state index contributed by atoms with van der Waals surface area (Å²) >= 11 is 0. The van der Waals surface area contributed by atoms with E-state index in [9.17, 15) is 4.39 Å². The van der Waals surface area contributed by atoms with E-state index in [2.05, 4.69) is 31.6 Å². The molecule has 7 heteroatoms. The lowest BCUT2D eigenvalue weighted by Gasteiger charge is -2.34. The molecule has 0 atom stereocenters. The highest BCUT2D eigenvalue weighted by molar-refractivity contribution is 14.0. The van der Waals surface area contributed by atoms with Crippen molar-refractivity contribution in [2.75, 3.05) is 31.6 Å². The smallest absolute Gasteiger partial charge is 0.191 e. The predicted octanol–water partition coefficient (Wildman–Crippen LogP) is 3.70. The summed E-state index contributed by atoms with van der Waals surface area (Å²) in [5.74, 6) is 1.74. The van der Waals surface area contributed by atoms with Gasteiger partial charge >= 0.3 is 0 Å². The lowest BCUT2D eigenvalue weighted by molar-refractivity contribution is 0.457. The topological polar surface area (TPSA) is 52.6 Å². The first-order valence-corrected chi connectivity index (χ1v) is 10.1. The third-order valence-corrected chi connectivity index (χ3v) is 5.93. The number of piperidine rings is 1. The van der Waals surface area contributed by atoms with Crippen LogP contribution in [0.25, 0.3) is 0 Å². The van der Waals surface area contributed by atoms with Gasteiger partial charge in [-0.15, -0.1) is 24.0 Å². The zero-order chi connectivity index (χ0) is 19.4. The normalized spacial score (nSPS) is 18.7. The highest BCUT2D eigenvalue weighted by Crippen LogP contribution is 2.48. The van der Waals surface area contributed by atoms with E-state index < -0.39 is 0 Å². The first kappa shape index (κ1) is 21.8. The second-order valence-corrected chi connectivity index (χ2v) is 7.78. The fourth-order valence-electron chi connectivity index (χ4n) is 4.02. The molecule has 156 valence electrons. The number of anilines is 1. The number of hydrogen-bond donors (Lipinski definition) is 2. The van der Waals surface area contributed by atoms with E-state index in [0.717, 1.165) is 56.1 Å². The number of nitrogens with one attached hydrogen (secondary N) is 2. The summed E-state index contributed by atoms with van der Waals surface area (Å²) in [7, 11) is 1.79. The molecule has 2 aliphatic rings. The van der Waals surface area contributed by atoms with Gasteiger partial charge in [0.15, 0.2) is 5.96 Å². The van der Waals surface area contributed by atoms with Gasteiger partial charge in [-0.1, -0.05) is 24.3 Å². The molecule has 4 rings (SSSR count). The number of aromatic nitrogens is 1. The van der Waals surface area contributed by atoms with E-state index in [0.29, 0.717) is 12.6 Å². The van der Waals surface area contributed by atoms with Crippen molar-refractivity contribution in [3.63, 3.8) is 0 Å². The Hall–Kier alpha value is -1.90. The van der Waals surface area contributed by atoms with Crippen molar-refractivity contribution >= 4 is 35.8 Å². The lowest BCUT2D eigenvalue weighted by Crippen LogP contribution is -2.50. The highest BCUT2D eigenvalue weighted by atomic mass is 127. The van der Waals surface area contributed by atoms with Crippen LogP contribution in [0.3, 0.4) is 0 Å². The maximum Gasteiger partial charge on any atom is 0.191 e. The van der Waals surface area contributed by atoms with Crippen molar-refractivity contribution in [1.29, 1.82) is 0 Å². The van der Waals surface area contributed by atoms with Crippen LogP contribution in [0.1, 0.15) is 31.2 Å². The monoisotopic (exact) mass is 509 g/mol. The van der Waals surface area contributed by atoms with Crippen LogP contribution < -0.4 is 15.5 Å². The Kier molecular flexibility index (Phi) is 7.32. The van der Waals surface area contributed by atoms with Crippen LogP contribution in [0.4, 0.5) is 10.2 Å². The van der Waals surface area contributed by atoms with Crippen LogP contribution in [0, 0.1) is 5.82 Å². The maximum atomic E-state index is 14.2. The second kappa shape index (κ2) is 9.73. The molecule has 1 saturated carbocycles. The van der Waals surface area contributed by atoms with Crippen LogP contribution >= 0.6 is 24.0 Å². The molecule has 5 nitrogen and oxygen atoms in total. The fourth-order valence-corrected chi connectivity index (χ4v) is 4.02. The fraction of sp³-hybridized carbons (Fsp3) is 0.455. The third kappa shape index (κ3) is 5.18. The van der Waals surface area contributed by atoms with Crippen molar-refractivity contribution in [2.45, 2.75) is 37.1 Å². The maximum absolute atomic E-state index is 14.2. The summed E-state index contributed by atoms with van der Waals surface area (Å²) in [5.41, 5.74) is 0.729. The van der Waals surface area contributed by atoms with Gasteiger partial charge in [-0.3, -0.25) is 4.99 Å². The van der Waals surface area contributed by atoms with Gasteiger partial charge in [-0.2, -0.15) is 0 Å². The molecule has 0 amide bonds. The van der Waals surface area contributed by atoms with Crippen LogP contribution in [0.5, 0.6) is 0 Å². The Morgan fingerprint density at radius 1 is 1.17 bits per heavy atom. The largest absolute Gasteiger partial charge is 0.356 e. The van der Waals surface area contributed by atoms with Crippen LogP contribution in [-0.4, -0.2) is 43.7 Å². The van der Waals surface area contributed by atoms with Gasteiger partial charge in [-0.05, 0) is 49.4 Å². The lowest BCUT2D eigenvalue weighted by atomic mass is 9.95. The standard InChI is InChI=1S/C22H28FN5.HI/c1-24-21(26-16-22(11-12-22)18-6-2-3-7-19(18)23)27-17-9-14-28(15-10-17)20-8-4-5-13-25-20;/h2-8,13,17H,9-12,14-16H2,1H3,(H2,24,26,27);1H. The Morgan fingerprint density at radius 3 is 2.52 bits per heavy atom. The first-order chi connectivity index (χ1) is 13.7. The first-order valence-electron chi connectivity index (χ1n) is 10.1.